The summed E-state index contributed by atoms with van der Waals surface area (Å²) in [4.78, 5) is 4.01. The van der Waals surface area contributed by atoms with E-state index in [1.165, 1.54) is 5.56 Å². The van der Waals surface area contributed by atoms with E-state index in [-0.39, 0.29) is 0 Å². The fourth-order valence-electron chi connectivity index (χ4n) is 1.72. The van der Waals surface area contributed by atoms with Gasteiger partial charge in [-0.2, -0.15) is 0 Å². The zero-order chi connectivity index (χ0) is 11.9. The van der Waals surface area contributed by atoms with Gasteiger partial charge in [-0.1, -0.05) is 18.2 Å². The van der Waals surface area contributed by atoms with Crippen molar-refractivity contribution in [1.29, 1.82) is 0 Å². The summed E-state index contributed by atoms with van der Waals surface area (Å²) in [5.74, 6) is 0.995. The van der Waals surface area contributed by atoms with E-state index in [0.717, 1.165) is 31.7 Å². The van der Waals surface area contributed by atoms with Crippen LogP contribution < -0.4 is 4.74 Å². The van der Waals surface area contributed by atoms with Crippen LogP contribution in [-0.2, 0) is 6.54 Å². The number of nitrogens with zero attached hydrogens (tertiary/aromatic N) is 2. The number of benzene rings is 1. The van der Waals surface area contributed by atoms with E-state index in [0.29, 0.717) is 0 Å². The summed E-state index contributed by atoms with van der Waals surface area (Å²) in [5.41, 5.74) is 1.20. The second-order valence-electron chi connectivity index (χ2n) is 4.12. The van der Waals surface area contributed by atoms with Crippen molar-refractivity contribution in [2.75, 3.05) is 6.61 Å². The first-order valence-electron chi connectivity index (χ1n) is 6.00. The summed E-state index contributed by atoms with van der Waals surface area (Å²) >= 11 is 0. The number of aromatic nitrogens is 2. The van der Waals surface area contributed by atoms with Crippen LogP contribution >= 0.6 is 0 Å². The number of para-hydroxylation sites is 1. The summed E-state index contributed by atoms with van der Waals surface area (Å²) in [5, 5.41) is 0. The SMILES string of the molecule is Cc1ccccc1OCCCCn1ccnc1. The largest absolute Gasteiger partial charge is 0.493 e. The molecule has 0 amide bonds. The topological polar surface area (TPSA) is 27.1 Å². The Morgan fingerprint density at radius 3 is 2.88 bits per heavy atom. The number of unbranched alkanes of at least 4 members (excludes halogenated alkanes) is 1. The molecule has 0 saturated carbocycles. The lowest BCUT2D eigenvalue weighted by Gasteiger charge is -2.08. The van der Waals surface area contributed by atoms with E-state index in [9.17, 15) is 0 Å². The Hall–Kier alpha value is -1.77. The predicted octanol–water partition coefficient (Wildman–Crippen LogP) is 3.05. The molecule has 0 unspecified atom stereocenters. The predicted molar refractivity (Wildman–Crippen MR) is 68.1 cm³/mol. The fourth-order valence-corrected chi connectivity index (χ4v) is 1.72. The molecule has 1 heterocycles. The average Bonchev–Trinajstić information content (AvgIpc) is 2.84. The van der Waals surface area contributed by atoms with Gasteiger partial charge in [0.15, 0.2) is 0 Å². The quantitative estimate of drug-likeness (QED) is 0.713. The maximum Gasteiger partial charge on any atom is 0.122 e. The lowest BCUT2D eigenvalue weighted by Crippen LogP contribution is -2.01. The highest BCUT2D eigenvalue weighted by Crippen LogP contribution is 2.16. The van der Waals surface area contributed by atoms with Crippen molar-refractivity contribution in [3.8, 4) is 5.75 Å². The Morgan fingerprint density at radius 1 is 1.24 bits per heavy atom. The molecule has 17 heavy (non-hydrogen) atoms. The number of rotatable bonds is 6. The van der Waals surface area contributed by atoms with E-state index < -0.39 is 0 Å². The Labute approximate surface area is 102 Å². The van der Waals surface area contributed by atoms with Crippen LogP contribution in [0.3, 0.4) is 0 Å². The Morgan fingerprint density at radius 2 is 2.12 bits per heavy atom. The number of ether oxygens (including phenoxy) is 1. The Bertz CT molecular complexity index is 437. The van der Waals surface area contributed by atoms with Crippen molar-refractivity contribution in [1.82, 2.24) is 9.55 Å². The molecular weight excluding hydrogens is 212 g/mol. The summed E-state index contributed by atoms with van der Waals surface area (Å²) in [6.07, 6.45) is 7.82. The van der Waals surface area contributed by atoms with Crippen molar-refractivity contribution >= 4 is 0 Å². The van der Waals surface area contributed by atoms with Crippen LogP contribution in [0.25, 0.3) is 0 Å². The first-order chi connectivity index (χ1) is 8.36. The number of hydrogen-bond acceptors (Lipinski definition) is 2. The lowest BCUT2D eigenvalue weighted by atomic mass is 10.2. The van der Waals surface area contributed by atoms with E-state index in [2.05, 4.69) is 22.5 Å². The minimum Gasteiger partial charge on any atom is -0.493 e. The molecule has 0 radical (unpaired) electrons. The third-order valence-electron chi connectivity index (χ3n) is 2.72. The van der Waals surface area contributed by atoms with Crippen LogP contribution in [0.5, 0.6) is 5.75 Å². The van der Waals surface area contributed by atoms with Gasteiger partial charge in [0.2, 0.25) is 0 Å². The van der Waals surface area contributed by atoms with Crippen molar-refractivity contribution in [2.45, 2.75) is 26.3 Å². The molecule has 3 heteroatoms. The number of hydrogen-bond donors (Lipinski definition) is 0. The van der Waals surface area contributed by atoms with Gasteiger partial charge in [-0.15, -0.1) is 0 Å². The summed E-state index contributed by atoms with van der Waals surface area (Å²) in [7, 11) is 0. The van der Waals surface area contributed by atoms with Crippen LogP contribution in [0.15, 0.2) is 43.0 Å². The van der Waals surface area contributed by atoms with Gasteiger partial charge in [0.25, 0.3) is 0 Å². The van der Waals surface area contributed by atoms with Crippen LogP contribution in [0.2, 0.25) is 0 Å². The van der Waals surface area contributed by atoms with Gasteiger partial charge < -0.3 is 9.30 Å². The summed E-state index contributed by atoms with van der Waals surface area (Å²) in [6, 6.07) is 8.13. The van der Waals surface area contributed by atoms with Crippen molar-refractivity contribution in [3.63, 3.8) is 0 Å². The fraction of sp³-hybridized carbons (Fsp3) is 0.357. The third-order valence-corrected chi connectivity index (χ3v) is 2.72. The molecule has 0 aliphatic carbocycles. The zero-order valence-electron chi connectivity index (χ0n) is 10.2. The maximum atomic E-state index is 5.73. The van der Waals surface area contributed by atoms with Crippen molar-refractivity contribution < 1.29 is 4.74 Å². The molecule has 0 atom stereocenters. The van der Waals surface area contributed by atoms with Gasteiger partial charge >= 0.3 is 0 Å². The van der Waals surface area contributed by atoms with Gasteiger partial charge in [-0.3, -0.25) is 0 Å². The molecule has 0 aliphatic rings. The molecule has 0 aliphatic heterocycles. The van der Waals surface area contributed by atoms with Crippen LogP contribution in [0.1, 0.15) is 18.4 Å². The number of imidazole rings is 1. The van der Waals surface area contributed by atoms with Crippen LogP contribution in [-0.4, -0.2) is 16.2 Å². The molecule has 1 aromatic carbocycles. The molecule has 0 spiro atoms. The minimum absolute atomic E-state index is 0.777. The van der Waals surface area contributed by atoms with Gasteiger partial charge in [-0.25, -0.2) is 4.98 Å². The molecule has 1 aromatic heterocycles. The standard InChI is InChI=1S/C14H18N2O/c1-13-6-2-3-7-14(13)17-11-5-4-9-16-10-8-15-12-16/h2-3,6-8,10,12H,4-5,9,11H2,1H3. The minimum atomic E-state index is 0.777. The summed E-state index contributed by atoms with van der Waals surface area (Å²) < 4.78 is 7.82. The molecule has 2 rings (SSSR count). The maximum absolute atomic E-state index is 5.73. The van der Waals surface area contributed by atoms with E-state index in [4.69, 9.17) is 4.74 Å². The van der Waals surface area contributed by atoms with E-state index in [1.807, 2.05) is 36.9 Å². The first-order valence-corrected chi connectivity index (χ1v) is 6.00. The molecule has 0 saturated heterocycles. The number of aryl methyl sites for hydroxylation is 2. The normalized spacial score (nSPS) is 10.4. The zero-order valence-corrected chi connectivity index (χ0v) is 10.2. The highest BCUT2D eigenvalue weighted by Gasteiger charge is 1.97. The van der Waals surface area contributed by atoms with Gasteiger partial charge in [0, 0.05) is 18.9 Å². The molecular formula is C14H18N2O. The monoisotopic (exact) mass is 230 g/mol. The molecule has 90 valence electrons. The molecule has 2 aromatic rings. The second kappa shape index (κ2) is 6.09. The van der Waals surface area contributed by atoms with Gasteiger partial charge in [0.05, 0.1) is 12.9 Å². The molecule has 3 nitrogen and oxygen atoms in total. The average molecular weight is 230 g/mol. The first kappa shape index (κ1) is 11.7. The van der Waals surface area contributed by atoms with Crippen LogP contribution in [0.4, 0.5) is 0 Å². The third kappa shape index (κ3) is 3.63. The van der Waals surface area contributed by atoms with Crippen LogP contribution in [0, 0.1) is 6.92 Å². The Kier molecular flexibility index (Phi) is 4.19. The Balaban J connectivity index is 1.65. The lowest BCUT2D eigenvalue weighted by molar-refractivity contribution is 0.301. The molecule has 0 bridgehead atoms. The van der Waals surface area contributed by atoms with Gasteiger partial charge in [0.1, 0.15) is 5.75 Å². The smallest absolute Gasteiger partial charge is 0.122 e. The van der Waals surface area contributed by atoms with E-state index in [1.54, 1.807) is 0 Å². The second-order valence-corrected chi connectivity index (χ2v) is 4.12. The highest BCUT2D eigenvalue weighted by molar-refractivity contribution is 5.31. The van der Waals surface area contributed by atoms with Crippen molar-refractivity contribution in [2.24, 2.45) is 0 Å². The highest BCUT2D eigenvalue weighted by atomic mass is 16.5. The van der Waals surface area contributed by atoms with Crippen molar-refractivity contribution in [3.05, 3.63) is 48.5 Å². The summed E-state index contributed by atoms with van der Waals surface area (Å²) in [6.45, 7) is 3.86. The van der Waals surface area contributed by atoms with E-state index >= 15 is 0 Å². The molecule has 0 N–H and O–H groups in total. The molecule has 0 fully saturated rings. The van der Waals surface area contributed by atoms with Gasteiger partial charge in [-0.05, 0) is 31.4 Å².